The number of aromatic nitrogens is 2. The fraction of sp³-hybridized carbons (Fsp3) is 0.286. The lowest BCUT2D eigenvalue weighted by Crippen LogP contribution is -2.25. The predicted molar refractivity (Wildman–Crippen MR) is 108 cm³/mol. The van der Waals surface area contributed by atoms with Crippen molar-refractivity contribution < 1.29 is 9.18 Å². The predicted octanol–water partition coefficient (Wildman–Crippen LogP) is 4.62. The number of carbonyl (C=O) groups excluding carboxylic acids is 1. The Balaban J connectivity index is 2.02. The van der Waals surface area contributed by atoms with Crippen LogP contribution in [0.25, 0.3) is 22.3 Å². The van der Waals surface area contributed by atoms with E-state index in [1.54, 1.807) is 12.1 Å². The van der Waals surface area contributed by atoms with Crippen molar-refractivity contribution in [1.29, 1.82) is 0 Å². The number of carbonyl (C=O) groups is 1. The van der Waals surface area contributed by atoms with Crippen molar-refractivity contribution in [3.8, 4) is 11.4 Å². The van der Waals surface area contributed by atoms with E-state index in [4.69, 9.17) is 4.98 Å². The van der Waals surface area contributed by atoms with Gasteiger partial charge in [-0.15, -0.1) is 0 Å². The number of halogens is 1. The van der Waals surface area contributed by atoms with Crippen LogP contribution >= 0.6 is 11.8 Å². The molecule has 0 radical (unpaired) electrons. The van der Waals surface area contributed by atoms with Crippen LogP contribution in [-0.2, 0) is 11.2 Å². The first-order valence-corrected chi connectivity index (χ1v) is 10.1. The van der Waals surface area contributed by atoms with Gasteiger partial charge in [0, 0.05) is 17.5 Å². The molecule has 0 bridgehead atoms. The third-order valence-corrected chi connectivity index (χ3v) is 5.16. The van der Waals surface area contributed by atoms with Gasteiger partial charge >= 0.3 is 0 Å². The Morgan fingerprint density at radius 3 is 2.59 bits per heavy atom. The van der Waals surface area contributed by atoms with E-state index < -0.39 is 0 Å². The lowest BCUT2D eigenvalue weighted by molar-refractivity contribution is -0.118. The van der Waals surface area contributed by atoms with E-state index >= 15 is 0 Å². The number of nitrogens with zero attached hydrogens (tertiary/aromatic N) is 2. The average Bonchev–Trinajstić information content (AvgIpc) is 2.70. The number of hydrogen-bond acceptors (Lipinski definition) is 4. The Bertz CT molecular complexity index is 944. The summed E-state index contributed by atoms with van der Waals surface area (Å²) in [4.78, 5) is 21.4. The van der Waals surface area contributed by atoms with Gasteiger partial charge in [-0.3, -0.25) is 4.79 Å². The molecule has 0 aliphatic heterocycles. The standard InChI is InChI=1S/C21H22FN3OS/c1-3-12-23-18(26)13-27-21-17-7-5-6-14(4-2)19(17)24-20(25-21)15-8-10-16(22)11-9-15/h5-11H,3-4,12-13H2,1-2H3,(H,23,26). The number of para-hydroxylation sites is 1. The highest BCUT2D eigenvalue weighted by Crippen LogP contribution is 2.30. The first-order valence-electron chi connectivity index (χ1n) is 9.07. The molecular weight excluding hydrogens is 361 g/mol. The van der Waals surface area contributed by atoms with E-state index in [-0.39, 0.29) is 11.7 Å². The van der Waals surface area contributed by atoms with E-state index in [2.05, 4.69) is 17.2 Å². The summed E-state index contributed by atoms with van der Waals surface area (Å²) < 4.78 is 13.3. The molecule has 6 heteroatoms. The van der Waals surface area contributed by atoms with Gasteiger partial charge in [-0.25, -0.2) is 14.4 Å². The Morgan fingerprint density at radius 1 is 1.11 bits per heavy atom. The first kappa shape index (κ1) is 19.3. The number of thioether (sulfide) groups is 1. The molecule has 140 valence electrons. The lowest BCUT2D eigenvalue weighted by Gasteiger charge is -2.11. The van der Waals surface area contributed by atoms with Crippen molar-refractivity contribution >= 4 is 28.6 Å². The molecule has 0 spiro atoms. The topological polar surface area (TPSA) is 54.9 Å². The van der Waals surface area contributed by atoms with Crippen LogP contribution in [0.1, 0.15) is 25.8 Å². The van der Waals surface area contributed by atoms with E-state index in [0.717, 1.165) is 39.9 Å². The number of aryl methyl sites for hydroxylation is 1. The van der Waals surface area contributed by atoms with Gasteiger partial charge in [-0.1, -0.05) is 43.8 Å². The molecule has 0 aliphatic rings. The minimum absolute atomic E-state index is 0.0106. The van der Waals surface area contributed by atoms with Crippen LogP contribution in [-0.4, -0.2) is 28.2 Å². The molecule has 0 atom stereocenters. The van der Waals surface area contributed by atoms with Crippen LogP contribution in [0.15, 0.2) is 47.5 Å². The molecular formula is C21H22FN3OS. The number of amides is 1. The number of hydrogen-bond donors (Lipinski definition) is 1. The molecule has 2 aromatic carbocycles. The Kier molecular flexibility index (Phi) is 6.40. The van der Waals surface area contributed by atoms with Crippen molar-refractivity contribution in [3.63, 3.8) is 0 Å². The van der Waals surface area contributed by atoms with Gasteiger partial charge in [0.15, 0.2) is 5.82 Å². The molecule has 27 heavy (non-hydrogen) atoms. The highest BCUT2D eigenvalue weighted by atomic mass is 32.2. The average molecular weight is 383 g/mol. The van der Waals surface area contributed by atoms with Gasteiger partial charge < -0.3 is 5.32 Å². The van der Waals surface area contributed by atoms with Crippen molar-refractivity contribution in [2.45, 2.75) is 31.7 Å². The SMILES string of the molecule is CCCNC(=O)CSc1nc(-c2ccc(F)cc2)nc2c(CC)cccc12. The molecule has 1 aromatic heterocycles. The quantitative estimate of drug-likeness (QED) is 0.478. The van der Waals surface area contributed by atoms with Gasteiger partial charge in [-0.2, -0.15) is 0 Å². The van der Waals surface area contributed by atoms with Gasteiger partial charge in [0.1, 0.15) is 10.8 Å². The normalized spacial score (nSPS) is 10.9. The second kappa shape index (κ2) is 8.95. The molecule has 0 unspecified atom stereocenters. The van der Waals surface area contributed by atoms with E-state index in [9.17, 15) is 9.18 Å². The maximum absolute atomic E-state index is 13.3. The molecule has 0 saturated heterocycles. The first-order chi connectivity index (χ1) is 13.1. The summed E-state index contributed by atoms with van der Waals surface area (Å²) in [5.74, 6) is 0.533. The van der Waals surface area contributed by atoms with E-state index in [1.807, 2.05) is 25.1 Å². The highest BCUT2D eigenvalue weighted by Gasteiger charge is 2.14. The minimum Gasteiger partial charge on any atom is -0.355 e. The second-order valence-corrected chi connectivity index (χ2v) is 7.13. The summed E-state index contributed by atoms with van der Waals surface area (Å²) in [5.41, 5.74) is 2.75. The van der Waals surface area contributed by atoms with Gasteiger partial charge in [0.25, 0.3) is 0 Å². The van der Waals surface area contributed by atoms with Crippen LogP contribution in [0.5, 0.6) is 0 Å². The van der Waals surface area contributed by atoms with E-state index in [0.29, 0.717) is 18.1 Å². The zero-order valence-electron chi connectivity index (χ0n) is 15.5. The van der Waals surface area contributed by atoms with Crippen LogP contribution in [0, 0.1) is 5.82 Å². The van der Waals surface area contributed by atoms with E-state index in [1.165, 1.54) is 23.9 Å². The summed E-state index contributed by atoms with van der Waals surface area (Å²) >= 11 is 1.40. The number of fused-ring (bicyclic) bond motifs is 1. The Hall–Kier alpha value is -2.47. The molecule has 3 aromatic rings. The largest absolute Gasteiger partial charge is 0.355 e. The molecule has 3 rings (SSSR count). The van der Waals surface area contributed by atoms with Gasteiger partial charge in [0.2, 0.25) is 5.91 Å². The fourth-order valence-electron chi connectivity index (χ4n) is 2.76. The minimum atomic E-state index is -0.295. The summed E-state index contributed by atoms with van der Waals surface area (Å²) in [6.07, 6.45) is 1.75. The van der Waals surface area contributed by atoms with Crippen molar-refractivity contribution in [3.05, 3.63) is 53.8 Å². The maximum Gasteiger partial charge on any atom is 0.230 e. The maximum atomic E-state index is 13.3. The van der Waals surface area contributed by atoms with Crippen molar-refractivity contribution in [2.75, 3.05) is 12.3 Å². The number of benzene rings is 2. The number of nitrogens with one attached hydrogen (secondary N) is 1. The molecule has 0 saturated carbocycles. The molecule has 4 nitrogen and oxygen atoms in total. The van der Waals surface area contributed by atoms with Crippen LogP contribution < -0.4 is 5.32 Å². The molecule has 0 fully saturated rings. The summed E-state index contributed by atoms with van der Waals surface area (Å²) in [6.45, 7) is 4.77. The Morgan fingerprint density at radius 2 is 1.89 bits per heavy atom. The zero-order chi connectivity index (χ0) is 19.2. The highest BCUT2D eigenvalue weighted by molar-refractivity contribution is 8.00. The fourth-order valence-corrected chi connectivity index (χ4v) is 3.60. The molecule has 1 amide bonds. The zero-order valence-corrected chi connectivity index (χ0v) is 16.3. The van der Waals surface area contributed by atoms with Crippen LogP contribution in [0.3, 0.4) is 0 Å². The molecule has 1 heterocycles. The third-order valence-electron chi connectivity index (χ3n) is 4.17. The van der Waals surface area contributed by atoms with Gasteiger partial charge in [0.05, 0.1) is 11.3 Å². The molecule has 1 N–H and O–H groups in total. The monoisotopic (exact) mass is 383 g/mol. The lowest BCUT2D eigenvalue weighted by atomic mass is 10.1. The number of rotatable bonds is 7. The van der Waals surface area contributed by atoms with Crippen LogP contribution in [0.4, 0.5) is 4.39 Å². The Labute approximate surface area is 162 Å². The molecule has 0 aliphatic carbocycles. The van der Waals surface area contributed by atoms with Crippen molar-refractivity contribution in [1.82, 2.24) is 15.3 Å². The summed E-state index contributed by atoms with van der Waals surface area (Å²) in [5, 5.41) is 4.58. The van der Waals surface area contributed by atoms with Gasteiger partial charge in [-0.05, 0) is 42.7 Å². The second-order valence-electron chi connectivity index (χ2n) is 6.16. The third kappa shape index (κ3) is 4.63. The van der Waals surface area contributed by atoms with Crippen molar-refractivity contribution in [2.24, 2.45) is 0 Å². The van der Waals surface area contributed by atoms with Crippen LogP contribution in [0.2, 0.25) is 0 Å². The summed E-state index contributed by atoms with van der Waals surface area (Å²) in [6, 6.07) is 12.2. The smallest absolute Gasteiger partial charge is 0.230 e. The summed E-state index contributed by atoms with van der Waals surface area (Å²) in [7, 11) is 0.